The van der Waals surface area contributed by atoms with Crippen molar-refractivity contribution in [3.8, 4) is 0 Å². The smallest absolute Gasteiger partial charge is 0.321 e. The van der Waals surface area contributed by atoms with E-state index in [-0.39, 0.29) is 17.5 Å². The van der Waals surface area contributed by atoms with E-state index < -0.39 is 40.5 Å². The van der Waals surface area contributed by atoms with Crippen molar-refractivity contribution in [2.45, 2.75) is 37.6 Å². The maximum Gasteiger partial charge on any atom is 0.321 e. The second-order valence-electron chi connectivity index (χ2n) is 7.46. The lowest BCUT2D eigenvalue weighted by Gasteiger charge is -2.32. The number of urea groups is 1. The van der Waals surface area contributed by atoms with Gasteiger partial charge < -0.3 is 15.0 Å². The quantitative estimate of drug-likeness (QED) is 0.661. The highest BCUT2D eigenvalue weighted by molar-refractivity contribution is 7.90. The molecular formula is C19H24N4O6S. The number of ether oxygens (including phenoxy) is 1. The van der Waals surface area contributed by atoms with Crippen LogP contribution >= 0.6 is 0 Å². The van der Waals surface area contributed by atoms with Crippen molar-refractivity contribution in [3.63, 3.8) is 0 Å². The summed E-state index contributed by atoms with van der Waals surface area (Å²) >= 11 is 0. The molecule has 1 fully saturated rings. The minimum atomic E-state index is -3.74. The Morgan fingerprint density at radius 1 is 1.27 bits per heavy atom. The van der Waals surface area contributed by atoms with Crippen molar-refractivity contribution in [3.05, 3.63) is 29.8 Å². The molecule has 10 nitrogen and oxygen atoms in total. The van der Waals surface area contributed by atoms with E-state index in [0.29, 0.717) is 30.8 Å². The molecular weight excluding hydrogens is 412 g/mol. The molecule has 0 radical (unpaired) electrons. The van der Waals surface area contributed by atoms with Gasteiger partial charge in [0.25, 0.3) is 15.9 Å². The largest absolute Gasteiger partial charge is 0.455 e. The molecule has 0 aromatic heterocycles. The Morgan fingerprint density at radius 3 is 2.73 bits per heavy atom. The van der Waals surface area contributed by atoms with Crippen LogP contribution in [-0.2, 0) is 24.3 Å². The first-order valence-electron chi connectivity index (χ1n) is 9.63. The lowest BCUT2D eigenvalue weighted by Crippen LogP contribution is -2.45. The number of imide groups is 1. The molecule has 3 amide bonds. The lowest BCUT2D eigenvalue weighted by molar-refractivity contribution is -0.153. The number of carbonyl (C=O) groups is 3. The summed E-state index contributed by atoms with van der Waals surface area (Å²) in [6, 6.07) is 5.77. The standard InChI is InChI=1S/C19H24N4O6S/c1-12(2)20-19(26)21-16(24)11-29-18(25)13-6-5-9-23(10-13)17-14-7-3-4-8-15(14)30(27,28)22-17/h3-4,7-8,12-13H,5-6,9-11H2,1-2H3,(H2,20,21,24,26)/t13-/m1/s1. The van der Waals surface area contributed by atoms with E-state index in [4.69, 9.17) is 4.74 Å². The van der Waals surface area contributed by atoms with Crippen LogP contribution in [0, 0.1) is 5.92 Å². The Hall–Kier alpha value is -2.95. The second kappa shape index (κ2) is 8.82. The van der Waals surface area contributed by atoms with Gasteiger partial charge in [-0.3, -0.25) is 14.9 Å². The van der Waals surface area contributed by atoms with E-state index in [2.05, 4.69) is 15.0 Å². The fraction of sp³-hybridized carbons (Fsp3) is 0.474. The number of hydrogen-bond donors (Lipinski definition) is 2. The lowest BCUT2D eigenvalue weighted by atomic mass is 9.97. The van der Waals surface area contributed by atoms with Gasteiger partial charge in [0.2, 0.25) is 0 Å². The van der Waals surface area contributed by atoms with E-state index in [0.717, 1.165) is 0 Å². The van der Waals surface area contributed by atoms with E-state index in [9.17, 15) is 22.8 Å². The number of esters is 1. The van der Waals surface area contributed by atoms with Crippen LogP contribution in [0.3, 0.4) is 0 Å². The highest BCUT2D eigenvalue weighted by Gasteiger charge is 2.35. The highest BCUT2D eigenvalue weighted by Crippen LogP contribution is 2.29. The average molecular weight is 436 g/mol. The van der Waals surface area contributed by atoms with Gasteiger partial charge in [-0.2, -0.15) is 8.42 Å². The molecule has 2 heterocycles. The van der Waals surface area contributed by atoms with Gasteiger partial charge in [-0.05, 0) is 38.8 Å². The molecule has 11 heteroatoms. The number of benzene rings is 1. The number of fused-ring (bicyclic) bond motifs is 1. The molecule has 0 bridgehead atoms. The van der Waals surface area contributed by atoms with Crippen LogP contribution in [0.25, 0.3) is 0 Å². The zero-order valence-corrected chi connectivity index (χ0v) is 17.6. The molecule has 1 aromatic carbocycles. The maximum atomic E-state index is 12.4. The Morgan fingerprint density at radius 2 is 2.00 bits per heavy atom. The summed E-state index contributed by atoms with van der Waals surface area (Å²) in [5.41, 5.74) is 0.516. The molecule has 30 heavy (non-hydrogen) atoms. The van der Waals surface area contributed by atoms with E-state index in [1.807, 2.05) is 0 Å². The van der Waals surface area contributed by atoms with E-state index in [1.165, 1.54) is 6.07 Å². The Bertz CT molecular complexity index is 988. The first-order valence-corrected chi connectivity index (χ1v) is 11.1. The summed E-state index contributed by atoms with van der Waals surface area (Å²) in [7, 11) is -3.74. The van der Waals surface area contributed by atoms with Crippen LogP contribution in [0.2, 0.25) is 0 Å². The third-order valence-electron chi connectivity index (χ3n) is 4.69. The number of carbonyl (C=O) groups excluding carboxylic acids is 3. The third kappa shape index (κ3) is 4.96. The van der Waals surface area contributed by atoms with Gasteiger partial charge in [0.15, 0.2) is 12.4 Å². The molecule has 2 aliphatic heterocycles. The van der Waals surface area contributed by atoms with Gasteiger partial charge in [-0.25, -0.2) is 4.79 Å². The summed E-state index contributed by atoms with van der Waals surface area (Å²) in [4.78, 5) is 37.6. The summed E-state index contributed by atoms with van der Waals surface area (Å²) in [5.74, 6) is -1.51. The number of hydrogen-bond acceptors (Lipinski definition) is 7. The van der Waals surface area contributed by atoms with Crippen molar-refractivity contribution >= 4 is 33.8 Å². The Labute approximate surface area is 174 Å². The van der Waals surface area contributed by atoms with E-state index >= 15 is 0 Å². The normalized spacial score (nSPS) is 19.6. The van der Waals surface area contributed by atoms with Crippen molar-refractivity contribution < 1.29 is 27.5 Å². The molecule has 3 rings (SSSR count). The average Bonchev–Trinajstić information content (AvgIpc) is 2.97. The molecule has 1 saturated heterocycles. The molecule has 1 aromatic rings. The number of likely N-dealkylation sites (tertiary alicyclic amines) is 1. The van der Waals surface area contributed by atoms with Crippen LogP contribution in [-0.4, -0.2) is 62.8 Å². The molecule has 1 atom stereocenters. The van der Waals surface area contributed by atoms with Crippen LogP contribution in [0.15, 0.2) is 33.6 Å². The fourth-order valence-electron chi connectivity index (χ4n) is 3.39. The third-order valence-corrected chi connectivity index (χ3v) is 6.01. The maximum absolute atomic E-state index is 12.4. The zero-order valence-electron chi connectivity index (χ0n) is 16.8. The number of nitrogens with zero attached hydrogens (tertiary/aromatic N) is 2. The van der Waals surface area contributed by atoms with Gasteiger partial charge >= 0.3 is 12.0 Å². The topological polar surface area (TPSA) is 134 Å². The molecule has 2 aliphatic rings. The molecule has 162 valence electrons. The monoisotopic (exact) mass is 436 g/mol. The van der Waals surface area contributed by atoms with Gasteiger partial charge in [0, 0.05) is 24.7 Å². The highest BCUT2D eigenvalue weighted by atomic mass is 32.2. The summed E-state index contributed by atoms with van der Waals surface area (Å²) < 4.78 is 33.5. The van der Waals surface area contributed by atoms with Gasteiger partial charge in [-0.15, -0.1) is 4.40 Å². The van der Waals surface area contributed by atoms with Crippen LogP contribution in [0.1, 0.15) is 32.3 Å². The predicted octanol–water partition coefficient (Wildman–Crippen LogP) is 0.625. The van der Waals surface area contributed by atoms with Crippen LogP contribution in [0.4, 0.5) is 4.79 Å². The fourth-order valence-corrected chi connectivity index (χ4v) is 4.62. The minimum absolute atomic E-state index is 0.138. The summed E-state index contributed by atoms with van der Waals surface area (Å²) in [5, 5.41) is 4.58. The minimum Gasteiger partial charge on any atom is -0.455 e. The first kappa shape index (κ1) is 21.8. The molecule has 0 spiro atoms. The van der Waals surface area contributed by atoms with Gasteiger partial charge in [-0.1, -0.05) is 12.1 Å². The van der Waals surface area contributed by atoms with Crippen LogP contribution < -0.4 is 10.6 Å². The molecule has 0 saturated carbocycles. The number of piperidine rings is 1. The van der Waals surface area contributed by atoms with Crippen molar-refractivity contribution in [2.75, 3.05) is 19.7 Å². The second-order valence-corrected chi connectivity index (χ2v) is 9.03. The van der Waals surface area contributed by atoms with Crippen molar-refractivity contribution in [1.82, 2.24) is 15.5 Å². The van der Waals surface area contributed by atoms with Gasteiger partial charge in [0.05, 0.1) is 5.92 Å². The Balaban J connectivity index is 1.58. The summed E-state index contributed by atoms with van der Waals surface area (Å²) in [6.07, 6.45) is 1.19. The van der Waals surface area contributed by atoms with E-state index in [1.54, 1.807) is 36.9 Å². The molecule has 0 aliphatic carbocycles. The first-order chi connectivity index (χ1) is 14.2. The molecule has 0 unspecified atom stereocenters. The number of nitrogens with one attached hydrogen (secondary N) is 2. The number of amidine groups is 1. The molecule has 2 N–H and O–H groups in total. The van der Waals surface area contributed by atoms with Crippen LogP contribution in [0.5, 0.6) is 0 Å². The van der Waals surface area contributed by atoms with Crippen molar-refractivity contribution in [1.29, 1.82) is 0 Å². The SMILES string of the molecule is CC(C)NC(=O)NC(=O)COC(=O)[C@@H]1CCCN(C2=NS(=O)(=O)c3ccccc32)C1. The number of sulfonamides is 1. The number of amides is 3. The van der Waals surface area contributed by atoms with Gasteiger partial charge in [0.1, 0.15) is 4.90 Å². The van der Waals surface area contributed by atoms with Crippen molar-refractivity contribution in [2.24, 2.45) is 10.3 Å². The predicted molar refractivity (Wildman–Crippen MR) is 107 cm³/mol. The Kier molecular flexibility index (Phi) is 6.40. The number of rotatable bonds is 4. The zero-order chi connectivity index (χ0) is 21.9. The summed E-state index contributed by atoms with van der Waals surface area (Å²) in [6.45, 7) is 3.71.